The zero-order valence-electron chi connectivity index (χ0n) is 57.7. The molecule has 0 saturated carbocycles. The Hall–Kier alpha value is -7.43. The number of hydrogen-bond donors (Lipinski definition) is 4. The Morgan fingerprint density at radius 3 is 1.25 bits per heavy atom. The van der Waals surface area contributed by atoms with E-state index in [2.05, 4.69) is 16.0 Å². The molecule has 0 aromatic heterocycles. The predicted octanol–water partition coefficient (Wildman–Crippen LogP) is 4.55. The number of aliphatic carboxylic acids is 1. The van der Waals surface area contributed by atoms with Gasteiger partial charge in [-0.05, 0) is 94.2 Å². The van der Waals surface area contributed by atoms with Gasteiger partial charge in [-0.15, -0.1) is 0 Å². The first-order valence-electron chi connectivity index (χ1n) is 32.4. The molecule has 1 fully saturated rings. The number of carboxylic acid groups (broad SMARTS) is 1. The number of benzene rings is 2. The van der Waals surface area contributed by atoms with Crippen molar-refractivity contribution in [1.29, 1.82) is 0 Å². The quantitative estimate of drug-likeness (QED) is 0.0739. The largest absolute Gasteiger partial charge is 0.481 e. The number of likely N-dealkylation sites (N-methyl/N-ethyl adjacent to an activating group) is 7. The van der Waals surface area contributed by atoms with E-state index in [0.717, 1.165) is 19.3 Å². The van der Waals surface area contributed by atoms with E-state index in [-0.39, 0.29) is 68.1 Å². The van der Waals surface area contributed by atoms with E-state index in [9.17, 15) is 43.5 Å². The molecule has 91 heavy (non-hydrogen) atoms. The molecule has 23 heteroatoms. The zero-order chi connectivity index (χ0) is 68.7. The summed E-state index contributed by atoms with van der Waals surface area (Å²) in [6.45, 7) is 19.5. The van der Waals surface area contributed by atoms with Gasteiger partial charge in [0.05, 0.1) is 6.42 Å². The summed E-state index contributed by atoms with van der Waals surface area (Å²) in [5.74, 6) is -7.47. The van der Waals surface area contributed by atoms with Gasteiger partial charge in [0.1, 0.15) is 54.4 Å². The molecule has 10 amide bonds. The number of hydrogen-bond acceptors (Lipinski definition) is 12. The molecular formula is C68H109N11O12. The number of rotatable bonds is 35. The number of piperidine rings is 1. The minimum Gasteiger partial charge on any atom is -0.481 e. The van der Waals surface area contributed by atoms with Crippen LogP contribution in [0.2, 0.25) is 0 Å². The maximum Gasteiger partial charge on any atom is 0.305 e. The molecule has 2 aromatic carbocycles. The Kier molecular flexibility index (Phi) is 31.8. The van der Waals surface area contributed by atoms with Crippen LogP contribution in [0.5, 0.6) is 0 Å². The molecule has 23 nitrogen and oxygen atoms in total. The highest BCUT2D eigenvalue weighted by Gasteiger charge is 2.44. The Labute approximate surface area is 541 Å². The fraction of sp³-hybridized carbons (Fsp3) is 0.662. The monoisotopic (exact) mass is 1270 g/mol. The van der Waals surface area contributed by atoms with E-state index < -0.39 is 120 Å². The van der Waals surface area contributed by atoms with Gasteiger partial charge in [0.2, 0.25) is 59.1 Å². The lowest BCUT2D eigenvalue weighted by molar-refractivity contribution is -0.156. The molecule has 1 saturated heterocycles. The normalized spacial score (nSPS) is 15.7. The van der Waals surface area contributed by atoms with Gasteiger partial charge < -0.3 is 60.3 Å². The average Bonchev–Trinajstić information content (AvgIpc) is 1.25. The van der Waals surface area contributed by atoms with Crippen molar-refractivity contribution in [3.63, 3.8) is 0 Å². The zero-order valence-corrected chi connectivity index (χ0v) is 57.7. The van der Waals surface area contributed by atoms with Crippen molar-refractivity contribution in [3.05, 3.63) is 71.8 Å². The SMILES string of the molecule is CC[C@H](C)[C@H](NC(=O)CCNC)C(=O)N(C)[C@@H](CC(C)C)C(=O)N(C)[C@@H](C)C(=O)N(C)[C@@H](CC(C)C)C(=O)N(C)[C@@H](Cc1ccccc1)C(=O)N(C)[C@@H](C)C(=O)N(C)[C@@H](CC(C)C)C(=O)N(C)[C@@H](Cc1ccccc1)C(=O)N[C@@H](CC(=O)O)C(=O)N1CCCCC1. The van der Waals surface area contributed by atoms with Crippen molar-refractivity contribution in [2.45, 2.75) is 194 Å². The second-order valence-electron chi connectivity index (χ2n) is 26.2. The second kappa shape index (κ2) is 37.2. The number of carboxylic acids is 1. The molecule has 3 rings (SSSR count). The molecular weight excluding hydrogens is 1160 g/mol. The van der Waals surface area contributed by atoms with Crippen molar-refractivity contribution in [2.75, 3.05) is 76.0 Å². The van der Waals surface area contributed by atoms with E-state index >= 15 is 14.4 Å². The first-order chi connectivity index (χ1) is 42.7. The number of amides is 10. The van der Waals surface area contributed by atoms with Gasteiger partial charge >= 0.3 is 5.97 Å². The van der Waals surface area contributed by atoms with Crippen molar-refractivity contribution in [1.82, 2.24) is 55.1 Å². The molecule has 1 aliphatic heterocycles. The highest BCUT2D eigenvalue weighted by Crippen LogP contribution is 2.25. The summed E-state index contributed by atoms with van der Waals surface area (Å²) < 4.78 is 0. The van der Waals surface area contributed by atoms with Crippen LogP contribution in [0, 0.1) is 23.7 Å². The number of carbonyl (C=O) groups is 11. The van der Waals surface area contributed by atoms with Crippen LogP contribution in [-0.4, -0.2) is 240 Å². The minimum absolute atomic E-state index is 0.00474. The van der Waals surface area contributed by atoms with E-state index in [1.807, 2.05) is 73.6 Å². The fourth-order valence-corrected chi connectivity index (χ4v) is 11.5. The minimum atomic E-state index is -1.40. The van der Waals surface area contributed by atoms with Crippen LogP contribution in [0.1, 0.15) is 138 Å². The molecule has 508 valence electrons. The summed E-state index contributed by atoms with van der Waals surface area (Å²) in [4.78, 5) is 168. The third-order valence-corrected chi connectivity index (χ3v) is 17.8. The highest BCUT2D eigenvalue weighted by atomic mass is 16.4. The molecule has 2 aromatic rings. The number of likely N-dealkylation sites (tertiary alicyclic amines) is 1. The van der Waals surface area contributed by atoms with Gasteiger partial charge in [-0.25, -0.2) is 0 Å². The first-order valence-corrected chi connectivity index (χ1v) is 32.4. The van der Waals surface area contributed by atoms with Crippen LogP contribution in [0.3, 0.4) is 0 Å². The third kappa shape index (κ3) is 22.4. The maximum absolute atomic E-state index is 15.3. The molecule has 1 heterocycles. The lowest BCUT2D eigenvalue weighted by Crippen LogP contribution is -2.61. The summed E-state index contributed by atoms with van der Waals surface area (Å²) in [6, 6.07) is 7.43. The van der Waals surface area contributed by atoms with Gasteiger partial charge in [0.25, 0.3) is 0 Å². The average molecular weight is 1270 g/mol. The van der Waals surface area contributed by atoms with Crippen LogP contribution in [0.15, 0.2) is 60.7 Å². The summed E-state index contributed by atoms with van der Waals surface area (Å²) in [6.07, 6.45) is 2.99. The molecule has 0 spiro atoms. The highest BCUT2D eigenvalue weighted by molar-refractivity contribution is 5.99. The van der Waals surface area contributed by atoms with Gasteiger partial charge in [0, 0.05) is 88.2 Å². The van der Waals surface area contributed by atoms with E-state index in [0.29, 0.717) is 37.2 Å². The summed E-state index contributed by atoms with van der Waals surface area (Å²) >= 11 is 0. The van der Waals surface area contributed by atoms with Crippen molar-refractivity contribution in [2.24, 2.45) is 23.7 Å². The van der Waals surface area contributed by atoms with E-state index in [1.54, 1.807) is 61.3 Å². The first kappa shape index (κ1) is 77.8. The number of nitrogens with zero attached hydrogens (tertiary/aromatic N) is 8. The molecule has 0 unspecified atom stereocenters. The molecule has 0 aliphatic carbocycles. The number of nitrogens with one attached hydrogen (secondary N) is 3. The molecule has 4 N–H and O–H groups in total. The number of carbonyl (C=O) groups excluding carboxylic acids is 10. The van der Waals surface area contributed by atoms with Gasteiger partial charge in [-0.2, -0.15) is 0 Å². The van der Waals surface area contributed by atoms with Crippen LogP contribution >= 0.6 is 0 Å². The van der Waals surface area contributed by atoms with E-state index in [1.165, 1.54) is 90.6 Å². The maximum atomic E-state index is 15.3. The van der Waals surface area contributed by atoms with Crippen molar-refractivity contribution < 1.29 is 57.8 Å². The molecule has 0 bridgehead atoms. The topological polar surface area (TPSA) is 270 Å². The molecule has 1 aliphatic rings. The van der Waals surface area contributed by atoms with Crippen LogP contribution in [0.25, 0.3) is 0 Å². The Balaban J connectivity index is 2.01. The van der Waals surface area contributed by atoms with Gasteiger partial charge in [-0.3, -0.25) is 52.7 Å². The Morgan fingerprint density at radius 1 is 0.484 bits per heavy atom. The van der Waals surface area contributed by atoms with Gasteiger partial charge in [0.15, 0.2) is 0 Å². The standard InChI is InChI=1S/C68H109N11O12/c1-19-46(8)59(71-57(80)33-34-69-11)68(91)78(18)53(37-43(2)3)64(87)72(12)47(9)61(84)76(16)55(39-45(6)7)67(90)77(17)56(41-50-31-25-21-26-32-50)65(88)73(13)48(10)62(85)75(15)54(38-44(4)5)66(89)74(14)52(40-49-29-23-20-24-30-49)60(83)70-51(42-58(81)82)63(86)79-35-27-22-28-36-79/h20-21,23-26,29-32,43-48,51-56,59,69H,19,22,27-28,33-42H2,1-18H3,(H,70,83)(H,71,80)(H,81,82)/t46-,47-,48-,51-,52-,53-,54-,55-,56-,59-/m0/s1. The fourth-order valence-electron chi connectivity index (χ4n) is 11.5. The lowest BCUT2D eigenvalue weighted by atomic mass is 9.95. The van der Waals surface area contributed by atoms with Gasteiger partial charge in [-0.1, -0.05) is 122 Å². The predicted molar refractivity (Wildman–Crippen MR) is 350 cm³/mol. The summed E-state index contributed by atoms with van der Waals surface area (Å²) in [7, 11) is 12.0. The third-order valence-electron chi connectivity index (χ3n) is 17.8. The lowest BCUT2D eigenvalue weighted by Gasteiger charge is -2.40. The van der Waals surface area contributed by atoms with Crippen LogP contribution in [-0.2, 0) is 65.6 Å². The van der Waals surface area contributed by atoms with E-state index in [4.69, 9.17) is 0 Å². The van der Waals surface area contributed by atoms with Crippen molar-refractivity contribution >= 4 is 65.0 Å². The van der Waals surface area contributed by atoms with Crippen LogP contribution in [0.4, 0.5) is 0 Å². The Morgan fingerprint density at radius 2 is 0.857 bits per heavy atom. The Bertz CT molecular complexity index is 2740. The van der Waals surface area contributed by atoms with Crippen LogP contribution < -0.4 is 16.0 Å². The second-order valence-corrected chi connectivity index (χ2v) is 26.2. The molecule has 10 atom stereocenters. The summed E-state index contributed by atoms with van der Waals surface area (Å²) in [5, 5.41) is 18.4. The summed E-state index contributed by atoms with van der Waals surface area (Å²) in [5.41, 5.74) is 1.37. The molecule has 0 radical (unpaired) electrons. The smallest absolute Gasteiger partial charge is 0.305 e. The van der Waals surface area contributed by atoms with Crippen molar-refractivity contribution in [3.8, 4) is 0 Å².